The molecule has 96 valence electrons. The second-order valence-corrected chi connectivity index (χ2v) is 4.12. The number of rotatable bonds is 8. The van der Waals surface area contributed by atoms with Crippen molar-refractivity contribution in [2.45, 2.75) is 37.4 Å². The van der Waals surface area contributed by atoms with Crippen molar-refractivity contribution in [3.63, 3.8) is 0 Å². The lowest BCUT2D eigenvalue weighted by atomic mass is 9.80. The van der Waals surface area contributed by atoms with Gasteiger partial charge in [-0.2, -0.15) is 0 Å². The maximum Gasteiger partial charge on any atom is 0.256 e. The molecule has 5 nitrogen and oxygen atoms in total. The quantitative estimate of drug-likeness (QED) is 0.413. The molecule has 0 aliphatic carbocycles. The first-order valence-corrected chi connectivity index (χ1v) is 5.23. The molecule has 0 aromatic rings. The maximum absolute atomic E-state index is 11.9. The van der Waals surface area contributed by atoms with Crippen LogP contribution in [0.4, 0.5) is 0 Å². The van der Waals surface area contributed by atoms with E-state index in [1.165, 1.54) is 12.2 Å². The Bertz CT molecular complexity index is 335. The lowest BCUT2D eigenvalue weighted by molar-refractivity contribution is -0.162. The van der Waals surface area contributed by atoms with Crippen LogP contribution >= 0.6 is 0 Å². The summed E-state index contributed by atoms with van der Waals surface area (Å²) in [5.41, 5.74) is 0.683. The summed E-state index contributed by atoms with van der Waals surface area (Å²) in [6.07, 6.45) is 3.22. The van der Waals surface area contributed by atoms with E-state index in [0.717, 1.165) is 6.92 Å². The molecule has 0 aromatic carbocycles. The smallest absolute Gasteiger partial charge is 0.256 e. The number of amides is 1. The molecule has 0 fully saturated rings. The Morgan fingerprint density at radius 2 is 1.82 bits per heavy atom. The molecule has 0 aliphatic heterocycles. The fourth-order valence-corrected chi connectivity index (χ4v) is 1.45. The predicted molar refractivity (Wildman–Crippen MR) is 64.0 cm³/mol. The van der Waals surface area contributed by atoms with Gasteiger partial charge in [-0.3, -0.25) is 9.59 Å². The Morgan fingerprint density at radius 1 is 1.29 bits per heavy atom. The fraction of sp³-hybridized carbons (Fsp3) is 0.500. The van der Waals surface area contributed by atoms with Crippen LogP contribution in [0, 0.1) is 0 Å². The number of aliphatic hydroxyl groups is 2. The van der Waals surface area contributed by atoms with Gasteiger partial charge >= 0.3 is 0 Å². The van der Waals surface area contributed by atoms with Crippen LogP contribution in [0.3, 0.4) is 0 Å². The summed E-state index contributed by atoms with van der Waals surface area (Å²) >= 11 is 0. The lowest BCUT2D eigenvalue weighted by Crippen LogP contribution is -2.57. The number of ketones is 1. The third-order valence-electron chi connectivity index (χ3n) is 2.59. The van der Waals surface area contributed by atoms with Gasteiger partial charge in [0, 0.05) is 6.42 Å². The summed E-state index contributed by atoms with van der Waals surface area (Å²) in [5, 5.41) is 19.8. The van der Waals surface area contributed by atoms with Crippen LogP contribution < -0.4 is 5.73 Å². The summed E-state index contributed by atoms with van der Waals surface area (Å²) in [6.45, 7) is 7.88. The molecular weight excluding hydrogens is 222 g/mol. The Balaban J connectivity index is 5.18. The van der Waals surface area contributed by atoms with Crippen molar-refractivity contribution in [1.82, 2.24) is 0 Å². The Kier molecular flexibility index (Phi) is 5.25. The minimum Gasteiger partial charge on any atom is -0.382 e. The summed E-state index contributed by atoms with van der Waals surface area (Å²) in [4.78, 5) is 22.9. The molecular formula is C12H19NO4. The van der Waals surface area contributed by atoms with Gasteiger partial charge in [0.1, 0.15) is 5.60 Å². The van der Waals surface area contributed by atoms with E-state index in [0.29, 0.717) is 6.42 Å². The molecule has 0 saturated heterocycles. The van der Waals surface area contributed by atoms with Crippen molar-refractivity contribution in [2.75, 3.05) is 0 Å². The molecule has 0 radical (unpaired) electrons. The lowest BCUT2D eigenvalue weighted by Gasteiger charge is -2.31. The van der Waals surface area contributed by atoms with E-state index < -0.39 is 22.9 Å². The van der Waals surface area contributed by atoms with Crippen LogP contribution in [0.2, 0.25) is 0 Å². The standard InChI is InChI=1S/C12H19NO4/c1-4-6-8-12(17,7-5-2)9(14)11(3,16)10(13)15/h4-5,16-17H,1-2,6-8H2,3H3,(H2,13,15). The molecule has 4 N–H and O–H groups in total. The molecule has 0 aromatic heterocycles. The van der Waals surface area contributed by atoms with Crippen molar-refractivity contribution in [2.24, 2.45) is 5.73 Å². The van der Waals surface area contributed by atoms with E-state index in [1.807, 2.05) is 0 Å². The van der Waals surface area contributed by atoms with Crippen molar-refractivity contribution in [1.29, 1.82) is 0 Å². The average Bonchev–Trinajstić information content (AvgIpc) is 2.25. The van der Waals surface area contributed by atoms with E-state index >= 15 is 0 Å². The molecule has 0 spiro atoms. The number of Topliss-reactive ketones (excluding diaryl/α,β-unsaturated/α-hetero) is 1. The van der Waals surface area contributed by atoms with Crippen molar-refractivity contribution >= 4 is 11.7 Å². The van der Waals surface area contributed by atoms with Crippen molar-refractivity contribution in [3.8, 4) is 0 Å². The second-order valence-electron chi connectivity index (χ2n) is 4.12. The van der Waals surface area contributed by atoms with Crippen LogP contribution in [-0.2, 0) is 9.59 Å². The zero-order valence-electron chi connectivity index (χ0n) is 9.98. The number of primary amides is 1. The molecule has 17 heavy (non-hydrogen) atoms. The van der Waals surface area contributed by atoms with Gasteiger partial charge in [0.2, 0.25) is 11.4 Å². The van der Waals surface area contributed by atoms with E-state index in [4.69, 9.17) is 5.73 Å². The highest BCUT2D eigenvalue weighted by molar-refractivity contribution is 6.11. The second kappa shape index (κ2) is 5.75. The molecule has 2 unspecified atom stereocenters. The maximum atomic E-state index is 11.9. The van der Waals surface area contributed by atoms with Crippen LogP contribution in [-0.4, -0.2) is 33.1 Å². The Hall–Kier alpha value is -1.46. The highest BCUT2D eigenvalue weighted by atomic mass is 16.3. The van der Waals surface area contributed by atoms with Crippen molar-refractivity contribution < 1.29 is 19.8 Å². The summed E-state index contributed by atoms with van der Waals surface area (Å²) in [6, 6.07) is 0. The van der Waals surface area contributed by atoms with Gasteiger partial charge in [0.25, 0.3) is 5.91 Å². The number of allylic oxidation sites excluding steroid dienone is 1. The molecule has 0 bridgehead atoms. The number of nitrogens with two attached hydrogens (primary N) is 1. The zero-order valence-corrected chi connectivity index (χ0v) is 9.98. The van der Waals surface area contributed by atoms with Gasteiger partial charge < -0.3 is 15.9 Å². The van der Waals surface area contributed by atoms with Crippen molar-refractivity contribution in [3.05, 3.63) is 25.3 Å². The van der Waals surface area contributed by atoms with Crippen LogP contribution in [0.15, 0.2) is 25.3 Å². The Morgan fingerprint density at radius 3 is 2.18 bits per heavy atom. The van der Waals surface area contributed by atoms with Gasteiger partial charge in [-0.15, -0.1) is 13.2 Å². The number of carbonyl (C=O) groups is 2. The zero-order chi connectivity index (χ0) is 13.7. The molecule has 2 atom stereocenters. The summed E-state index contributed by atoms with van der Waals surface area (Å²) < 4.78 is 0. The average molecular weight is 241 g/mol. The first-order chi connectivity index (χ1) is 7.72. The van der Waals surface area contributed by atoms with Gasteiger partial charge in [0.15, 0.2) is 0 Å². The van der Waals surface area contributed by atoms with Gasteiger partial charge in [-0.05, 0) is 19.8 Å². The van der Waals surface area contributed by atoms with Crippen LogP contribution in [0.1, 0.15) is 26.2 Å². The number of hydrogen-bond acceptors (Lipinski definition) is 4. The first kappa shape index (κ1) is 15.5. The van der Waals surface area contributed by atoms with Gasteiger partial charge in [-0.1, -0.05) is 12.2 Å². The largest absolute Gasteiger partial charge is 0.382 e. The third kappa shape index (κ3) is 3.51. The highest BCUT2D eigenvalue weighted by Gasteiger charge is 2.48. The topological polar surface area (TPSA) is 101 Å². The minimum atomic E-state index is -2.39. The van der Waals surface area contributed by atoms with Crippen LogP contribution in [0.5, 0.6) is 0 Å². The monoisotopic (exact) mass is 241 g/mol. The third-order valence-corrected chi connectivity index (χ3v) is 2.59. The van der Waals surface area contributed by atoms with Gasteiger partial charge in [-0.25, -0.2) is 0 Å². The molecule has 0 saturated carbocycles. The van der Waals surface area contributed by atoms with E-state index in [-0.39, 0.29) is 12.8 Å². The molecule has 0 rings (SSSR count). The van der Waals surface area contributed by atoms with Gasteiger partial charge in [0.05, 0.1) is 0 Å². The summed E-state index contributed by atoms with van der Waals surface area (Å²) in [5.74, 6) is -2.21. The van der Waals surface area contributed by atoms with Crippen LogP contribution in [0.25, 0.3) is 0 Å². The van der Waals surface area contributed by atoms with E-state index in [1.54, 1.807) is 0 Å². The molecule has 0 heterocycles. The molecule has 5 heteroatoms. The SMILES string of the molecule is C=CCCC(O)(CC=C)C(=O)C(C)(O)C(N)=O. The Labute approximate surface area is 101 Å². The normalized spacial score (nSPS) is 17.6. The minimum absolute atomic E-state index is 0.0464. The highest BCUT2D eigenvalue weighted by Crippen LogP contribution is 2.25. The fourth-order valence-electron chi connectivity index (χ4n) is 1.45. The molecule has 0 aliphatic rings. The molecule has 1 amide bonds. The van der Waals surface area contributed by atoms with E-state index in [9.17, 15) is 19.8 Å². The first-order valence-electron chi connectivity index (χ1n) is 5.23. The predicted octanol–water partition coefficient (Wildman–Crippen LogP) is 0.0652. The number of hydrogen-bond donors (Lipinski definition) is 3. The number of carbonyl (C=O) groups excluding carboxylic acids is 2. The van der Waals surface area contributed by atoms with E-state index in [2.05, 4.69) is 13.2 Å². The summed E-state index contributed by atoms with van der Waals surface area (Å²) in [7, 11) is 0.